The van der Waals surface area contributed by atoms with Crippen LogP contribution in [0.15, 0.2) is 42.9 Å². The summed E-state index contributed by atoms with van der Waals surface area (Å²) in [5, 5.41) is 9.90. The fraction of sp³-hybridized carbons (Fsp3) is 0.0714. The number of benzene rings is 1. The van der Waals surface area contributed by atoms with E-state index >= 15 is 0 Å². The molecule has 0 saturated heterocycles. The van der Waals surface area contributed by atoms with E-state index in [9.17, 15) is 4.79 Å². The summed E-state index contributed by atoms with van der Waals surface area (Å²) in [4.78, 5) is 18.7. The summed E-state index contributed by atoms with van der Waals surface area (Å²) in [6.45, 7) is 0. The highest BCUT2D eigenvalue weighted by Gasteiger charge is 2.07. The number of hydrogen-bond donors (Lipinski definition) is 1. The standard InChI is InChI=1S/C14H11N3O2/c1-17-5-4-10-6-9(2-3-13(10)17)11-7-16-12(8-15-11)14(18)19/h2-8H,1H3,(H,18,19). The fourth-order valence-electron chi connectivity index (χ4n) is 2.03. The molecule has 0 radical (unpaired) electrons. The van der Waals surface area contributed by atoms with E-state index in [1.54, 1.807) is 0 Å². The van der Waals surface area contributed by atoms with E-state index in [2.05, 4.69) is 9.97 Å². The van der Waals surface area contributed by atoms with Crippen LogP contribution in [0.4, 0.5) is 0 Å². The Morgan fingerprint density at radius 1 is 1.21 bits per heavy atom. The molecule has 0 aliphatic rings. The van der Waals surface area contributed by atoms with Gasteiger partial charge >= 0.3 is 5.97 Å². The van der Waals surface area contributed by atoms with Crippen LogP contribution >= 0.6 is 0 Å². The van der Waals surface area contributed by atoms with Crippen LogP contribution in [0.25, 0.3) is 22.2 Å². The third-order valence-electron chi connectivity index (χ3n) is 3.05. The van der Waals surface area contributed by atoms with Crippen molar-refractivity contribution >= 4 is 16.9 Å². The zero-order valence-electron chi connectivity index (χ0n) is 10.2. The van der Waals surface area contributed by atoms with Crippen molar-refractivity contribution < 1.29 is 9.90 Å². The lowest BCUT2D eigenvalue weighted by Crippen LogP contribution is -2.01. The first-order valence-corrected chi connectivity index (χ1v) is 5.76. The van der Waals surface area contributed by atoms with Gasteiger partial charge in [-0.3, -0.25) is 4.98 Å². The number of nitrogens with zero attached hydrogens (tertiary/aromatic N) is 3. The number of aromatic carboxylic acids is 1. The molecule has 0 atom stereocenters. The van der Waals surface area contributed by atoms with Gasteiger partial charge in [-0.1, -0.05) is 6.07 Å². The summed E-state index contributed by atoms with van der Waals surface area (Å²) in [6, 6.07) is 8.00. The highest BCUT2D eigenvalue weighted by molar-refractivity contribution is 5.86. The predicted molar refractivity (Wildman–Crippen MR) is 70.9 cm³/mol. The Balaban J connectivity index is 2.05. The summed E-state index contributed by atoms with van der Waals surface area (Å²) in [6.07, 6.45) is 4.74. The van der Waals surface area contributed by atoms with Gasteiger partial charge in [0.15, 0.2) is 5.69 Å². The van der Waals surface area contributed by atoms with Crippen LogP contribution in [0.5, 0.6) is 0 Å². The van der Waals surface area contributed by atoms with E-state index in [0.717, 1.165) is 16.5 Å². The minimum absolute atomic E-state index is 0.0514. The summed E-state index contributed by atoms with van der Waals surface area (Å²) in [5.74, 6) is -1.07. The zero-order chi connectivity index (χ0) is 13.4. The van der Waals surface area contributed by atoms with Crippen LogP contribution in [-0.2, 0) is 7.05 Å². The van der Waals surface area contributed by atoms with E-state index in [4.69, 9.17) is 5.11 Å². The summed E-state index contributed by atoms with van der Waals surface area (Å²) in [5.41, 5.74) is 2.67. The van der Waals surface area contributed by atoms with E-state index in [1.807, 2.05) is 42.1 Å². The van der Waals surface area contributed by atoms with Crippen LogP contribution in [0.1, 0.15) is 10.5 Å². The molecule has 94 valence electrons. The normalized spacial score (nSPS) is 10.8. The zero-order valence-corrected chi connectivity index (χ0v) is 10.2. The number of fused-ring (bicyclic) bond motifs is 1. The average Bonchev–Trinajstić information content (AvgIpc) is 2.80. The largest absolute Gasteiger partial charge is 0.476 e. The van der Waals surface area contributed by atoms with Gasteiger partial charge in [-0.15, -0.1) is 0 Å². The third kappa shape index (κ3) is 1.95. The van der Waals surface area contributed by atoms with Crippen molar-refractivity contribution in [2.75, 3.05) is 0 Å². The molecular formula is C14H11N3O2. The Bertz CT molecular complexity index is 760. The summed E-state index contributed by atoms with van der Waals surface area (Å²) < 4.78 is 2.04. The van der Waals surface area contributed by atoms with Crippen molar-refractivity contribution in [1.29, 1.82) is 0 Å². The number of aryl methyl sites for hydroxylation is 1. The first-order valence-electron chi connectivity index (χ1n) is 5.76. The molecule has 2 aromatic heterocycles. The lowest BCUT2D eigenvalue weighted by molar-refractivity contribution is 0.0690. The molecule has 0 fully saturated rings. The van der Waals surface area contributed by atoms with Crippen molar-refractivity contribution in [3.05, 3.63) is 48.5 Å². The Morgan fingerprint density at radius 2 is 2.05 bits per heavy atom. The minimum atomic E-state index is -1.07. The molecule has 0 unspecified atom stereocenters. The van der Waals surface area contributed by atoms with Gasteiger partial charge in [0.25, 0.3) is 0 Å². The second-order valence-electron chi connectivity index (χ2n) is 4.29. The van der Waals surface area contributed by atoms with Crippen molar-refractivity contribution in [3.8, 4) is 11.3 Å². The van der Waals surface area contributed by atoms with Crippen LogP contribution in [0, 0.1) is 0 Å². The molecule has 0 bridgehead atoms. The maximum Gasteiger partial charge on any atom is 0.356 e. The van der Waals surface area contributed by atoms with E-state index in [-0.39, 0.29) is 5.69 Å². The second kappa shape index (κ2) is 4.20. The molecule has 5 heteroatoms. The second-order valence-corrected chi connectivity index (χ2v) is 4.29. The smallest absolute Gasteiger partial charge is 0.356 e. The van der Waals surface area contributed by atoms with Gasteiger partial charge in [-0.2, -0.15) is 0 Å². The van der Waals surface area contributed by atoms with Gasteiger partial charge < -0.3 is 9.67 Å². The Labute approximate surface area is 109 Å². The number of carbonyl (C=O) groups is 1. The first kappa shape index (κ1) is 11.4. The lowest BCUT2D eigenvalue weighted by atomic mass is 10.1. The van der Waals surface area contributed by atoms with Gasteiger partial charge in [-0.25, -0.2) is 9.78 Å². The molecule has 0 amide bonds. The monoisotopic (exact) mass is 253 g/mol. The maximum absolute atomic E-state index is 10.7. The Kier molecular flexibility index (Phi) is 2.52. The molecule has 0 aliphatic carbocycles. The molecule has 0 spiro atoms. The third-order valence-corrected chi connectivity index (χ3v) is 3.05. The topological polar surface area (TPSA) is 68.0 Å². The van der Waals surface area contributed by atoms with E-state index in [0.29, 0.717) is 5.69 Å². The highest BCUT2D eigenvalue weighted by Crippen LogP contribution is 2.22. The molecule has 19 heavy (non-hydrogen) atoms. The van der Waals surface area contributed by atoms with Gasteiger partial charge in [0.2, 0.25) is 0 Å². The molecule has 0 saturated carbocycles. The van der Waals surface area contributed by atoms with Crippen LogP contribution in [0.2, 0.25) is 0 Å². The number of hydrogen-bond acceptors (Lipinski definition) is 3. The molecule has 3 rings (SSSR count). The van der Waals surface area contributed by atoms with Gasteiger partial charge in [0.05, 0.1) is 18.1 Å². The fourth-order valence-corrected chi connectivity index (χ4v) is 2.03. The Morgan fingerprint density at radius 3 is 2.74 bits per heavy atom. The molecule has 0 aliphatic heterocycles. The average molecular weight is 253 g/mol. The quantitative estimate of drug-likeness (QED) is 0.761. The molecule has 1 N–H and O–H groups in total. The van der Waals surface area contributed by atoms with Crippen molar-refractivity contribution in [2.24, 2.45) is 7.05 Å². The number of aromatic nitrogens is 3. The SMILES string of the molecule is Cn1ccc2cc(-c3cnc(C(=O)O)cn3)ccc21. The van der Waals surface area contributed by atoms with Crippen LogP contribution in [-0.4, -0.2) is 25.6 Å². The van der Waals surface area contributed by atoms with Gasteiger partial charge in [-0.05, 0) is 18.2 Å². The van der Waals surface area contributed by atoms with Crippen molar-refractivity contribution in [3.63, 3.8) is 0 Å². The number of rotatable bonds is 2. The van der Waals surface area contributed by atoms with Crippen LogP contribution in [0.3, 0.4) is 0 Å². The number of carboxylic acids is 1. The summed E-state index contributed by atoms with van der Waals surface area (Å²) in [7, 11) is 1.99. The van der Waals surface area contributed by atoms with E-state index < -0.39 is 5.97 Å². The van der Waals surface area contributed by atoms with Crippen molar-refractivity contribution in [2.45, 2.75) is 0 Å². The Hall–Kier alpha value is -2.69. The lowest BCUT2D eigenvalue weighted by Gasteiger charge is -2.02. The molecule has 3 aromatic rings. The maximum atomic E-state index is 10.7. The van der Waals surface area contributed by atoms with E-state index in [1.165, 1.54) is 12.4 Å². The van der Waals surface area contributed by atoms with Gasteiger partial charge in [0.1, 0.15) is 0 Å². The first-order chi connectivity index (χ1) is 9.15. The molecule has 1 aromatic carbocycles. The molecule has 5 nitrogen and oxygen atoms in total. The molecular weight excluding hydrogens is 242 g/mol. The highest BCUT2D eigenvalue weighted by atomic mass is 16.4. The molecule has 2 heterocycles. The van der Waals surface area contributed by atoms with Crippen LogP contribution < -0.4 is 0 Å². The van der Waals surface area contributed by atoms with Crippen molar-refractivity contribution in [1.82, 2.24) is 14.5 Å². The predicted octanol–water partition coefficient (Wildman–Crippen LogP) is 2.33. The van der Waals surface area contributed by atoms with Gasteiger partial charge in [0, 0.05) is 29.7 Å². The number of carboxylic acid groups (broad SMARTS) is 1. The summed E-state index contributed by atoms with van der Waals surface area (Å²) >= 11 is 0. The minimum Gasteiger partial charge on any atom is -0.476 e.